The van der Waals surface area contributed by atoms with Gasteiger partial charge in [-0.2, -0.15) is 5.10 Å². The summed E-state index contributed by atoms with van der Waals surface area (Å²) in [6, 6.07) is 12.2. The number of rotatable bonds is 3. The Morgan fingerprint density at radius 2 is 2.09 bits per heavy atom. The van der Waals surface area contributed by atoms with Gasteiger partial charge in [-0.05, 0) is 24.1 Å². The lowest BCUT2D eigenvalue weighted by molar-refractivity contribution is 0.111. The van der Waals surface area contributed by atoms with Crippen molar-refractivity contribution in [2.45, 2.75) is 19.8 Å². The molecule has 4 heteroatoms. The molecule has 0 spiro atoms. The van der Waals surface area contributed by atoms with Gasteiger partial charge in [0.25, 0.3) is 0 Å². The van der Waals surface area contributed by atoms with Crippen LogP contribution >= 0.6 is 0 Å². The minimum atomic E-state index is 0.519. The number of fused-ring (bicyclic) bond motifs is 3. The Hall–Kier alpha value is -2.75. The van der Waals surface area contributed by atoms with E-state index < -0.39 is 0 Å². The Labute approximate surface area is 128 Å². The summed E-state index contributed by atoms with van der Waals surface area (Å²) in [5, 5.41) is 4.48. The van der Waals surface area contributed by atoms with Gasteiger partial charge in [-0.3, -0.25) is 9.78 Å². The molecule has 0 radical (unpaired) electrons. The molecule has 0 atom stereocenters. The quantitative estimate of drug-likeness (QED) is 0.544. The van der Waals surface area contributed by atoms with Crippen molar-refractivity contribution in [3.63, 3.8) is 0 Å². The van der Waals surface area contributed by atoms with Crippen LogP contribution in [0.3, 0.4) is 0 Å². The second-order valence-corrected chi connectivity index (χ2v) is 5.44. The van der Waals surface area contributed by atoms with Crippen molar-refractivity contribution < 1.29 is 4.79 Å². The van der Waals surface area contributed by atoms with E-state index in [-0.39, 0.29) is 0 Å². The molecule has 0 bridgehead atoms. The highest BCUT2D eigenvalue weighted by Gasteiger charge is 2.27. The molecule has 2 heterocycles. The molecule has 0 unspecified atom stereocenters. The Kier molecular flexibility index (Phi) is 2.89. The number of hydrogen-bond donors (Lipinski definition) is 0. The summed E-state index contributed by atoms with van der Waals surface area (Å²) < 4.78 is 1.84. The standard InChI is InChI=1S/C18H15N3O/c1-2-13-7-8-14(10-19-13)21-18-15-6-4-3-5-12(15)9-16(18)17(11-22)20-21/h3-8,10-11H,2,9H2,1H3. The second kappa shape index (κ2) is 4.91. The van der Waals surface area contributed by atoms with Gasteiger partial charge in [0, 0.05) is 23.2 Å². The average Bonchev–Trinajstić information content (AvgIpc) is 3.12. The van der Waals surface area contributed by atoms with Gasteiger partial charge >= 0.3 is 0 Å². The van der Waals surface area contributed by atoms with Crippen LogP contribution in [0.4, 0.5) is 0 Å². The van der Waals surface area contributed by atoms with E-state index in [1.54, 1.807) is 0 Å². The molecule has 0 amide bonds. The lowest BCUT2D eigenvalue weighted by Crippen LogP contribution is -2.01. The molecule has 0 aliphatic heterocycles. The van der Waals surface area contributed by atoms with E-state index >= 15 is 0 Å². The Morgan fingerprint density at radius 1 is 1.23 bits per heavy atom. The third-order valence-corrected chi connectivity index (χ3v) is 4.18. The van der Waals surface area contributed by atoms with Crippen LogP contribution in [0.25, 0.3) is 16.9 Å². The maximum atomic E-state index is 11.4. The minimum absolute atomic E-state index is 0.519. The van der Waals surface area contributed by atoms with Gasteiger partial charge in [0.1, 0.15) is 5.69 Å². The molecule has 0 N–H and O–H groups in total. The van der Waals surface area contributed by atoms with Gasteiger partial charge in [0.15, 0.2) is 6.29 Å². The van der Waals surface area contributed by atoms with E-state index in [4.69, 9.17) is 0 Å². The lowest BCUT2D eigenvalue weighted by atomic mass is 10.1. The highest BCUT2D eigenvalue weighted by atomic mass is 16.1. The van der Waals surface area contributed by atoms with Gasteiger partial charge in [-0.1, -0.05) is 31.2 Å². The highest BCUT2D eigenvalue weighted by molar-refractivity contribution is 5.85. The molecule has 1 aromatic carbocycles. The van der Waals surface area contributed by atoms with Crippen LogP contribution < -0.4 is 0 Å². The summed E-state index contributed by atoms with van der Waals surface area (Å²) in [6.45, 7) is 2.08. The van der Waals surface area contributed by atoms with Crippen LogP contribution in [-0.4, -0.2) is 21.1 Å². The van der Waals surface area contributed by atoms with E-state index in [2.05, 4.69) is 29.1 Å². The van der Waals surface area contributed by atoms with Gasteiger partial charge in [0.05, 0.1) is 17.6 Å². The number of hydrogen-bond acceptors (Lipinski definition) is 3. The Balaban J connectivity index is 1.93. The van der Waals surface area contributed by atoms with E-state index in [9.17, 15) is 4.79 Å². The number of nitrogens with zero attached hydrogens (tertiary/aromatic N) is 3. The predicted octanol–water partition coefficient (Wildman–Crippen LogP) is 3.21. The van der Waals surface area contributed by atoms with Crippen molar-refractivity contribution in [3.05, 3.63) is 65.1 Å². The molecule has 4 rings (SSSR count). The van der Waals surface area contributed by atoms with Crippen molar-refractivity contribution in [1.82, 2.24) is 14.8 Å². The summed E-state index contributed by atoms with van der Waals surface area (Å²) >= 11 is 0. The number of aromatic nitrogens is 3. The highest BCUT2D eigenvalue weighted by Crippen LogP contribution is 2.39. The number of aldehydes is 1. The normalized spacial score (nSPS) is 12.0. The molecule has 0 fully saturated rings. The fourth-order valence-corrected chi connectivity index (χ4v) is 3.05. The minimum Gasteiger partial charge on any atom is -0.296 e. The number of aryl methyl sites for hydroxylation is 1. The average molecular weight is 289 g/mol. The van der Waals surface area contributed by atoms with Crippen LogP contribution in [0.15, 0.2) is 42.6 Å². The first-order chi connectivity index (χ1) is 10.8. The van der Waals surface area contributed by atoms with Crippen LogP contribution in [0.1, 0.15) is 34.2 Å². The molecule has 1 aliphatic carbocycles. The monoisotopic (exact) mass is 289 g/mol. The lowest BCUT2D eigenvalue weighted by Gasteiger charge is -2.07. The first kappa shape index (κ1) is 13.0. The number of carbonyl (C=O) groups is 1. The fraction of sp³-hybridized carbons (Fsp3) is 0.167. The molecule has 0 saturated heterocycles. The first-order valence-electron chi connectivity index (χ1n) is 7.42. The van der Waals surface area contributed by atoms with Crippen LogP contribution in [0.5, 0.6) is 0 Å². The smallest absolute Gasteiger partial charge is 0.170 e. The van der Waals surface area contributed by atoms with E-state index in [1.807, 2.05) is 35.1 Å². The zero-order valence-corrected chi connectivity index (χ0v) is 12.3. The SMILES string of the molecule is CCc1ccc(-n2nc(C=O)c3c2-c2ccccc2C3)cn1. The molecule has 4 nitrogen and oxygen atoms in total. The third-order valence-electron chi connectivity index (χ3n) is 4.18. The van der Waals surface area contributed by atoms with Crippen molar-refractivity contribution in [2.24, 2.45) is 0 Å². The van der Waals surface area contributed by atoms with Crippen LogP contribution in [-0.2, 0) is 12.8 Å². The van der Waals surface area contributed by atoms with Gasteiger partial charge in [-0.25, -0.2) is 4.68 Å². The number of pyridine rings is 1. The number of benzene rings is 1. The molecule has 22 heavy (non-hydrogen) atoms. The van der Waals surface area contributed by atoms with Gasteiger partial charge in [-0.15, -0.1) is 0 Å². The summed E-state index contributed by atoms with van der Waals surface area (Å²) in [5.41, 5.74) is 6.87. The zero-order valence-electron chi connectivity index (χ0n) is 12.3. The van der Waals surface area contributed by atoms with Gasteiger partial charge < -0.3 is 0 Å². The Bertz CT molecular complexity index is 863. The molecular formula is C18H15N3O. The largest absolute Gasteiger partial charge is 0.296 e. The topological polar surface area (TPSA) is 47.8 Å². The van der Waals surface area contributed by atoms with Crippen molar-refractivity contribution in [3.8, 4) is 16.9 Å². The van der Waals surface area contributed by atoms with Crippen LogP contribution in [0.2, 0.25) is 0 Å². The van der Waals surface area contributed by atoms with E-state index in [0.717, 1.165) is 47.3 Å². The Morgan fingerprint density at radius 3 is 2.82 bits per heavy atom. The number of carbonyl (C=O) groups excluding carboxylic acids is 1. The third kappa shape index (κ3) is 1.80. The van der Waals surface area contributed by atoms with Crippen molar-refractivity contribution in [2.75, 3.05) is 0 Å². The summed E-state index contributed by atoms with van der Waals surface area (Å²) in [6.07, 6.45) is 4.33. The maximum absolute atomic E-state index is 11.4. The van der Waals surface area contributed by atoms with Gasteiger partial charge in [0.2, 0.25) is 0 Å². The van der Waals surface area contributed by atoms with Crippen molar-refractivity contribution in [1.29, 1.82) is 0 Å². The maximum Gasteiger partial charge on any atom is 0.170 e. The summed E-state index contributed by atoms with van der Waals surface area (Å²) in [4.78, 5) is 15.8. The second-order valence-electron chi connectivity index (χ2n) is 5.44. The van der Waals surface area contributed by atoms with Crippen molar-refractivity contribution >= 4 is 6.29 Å². The van der Waals surface area contributed by atoms with E-state index in [0.29, 0.717) is 5.69 Å². The van der Waals surface area contributed by atoms with E-state index in [1.165, 1.54) is 5.56 Å². The molecule has 1 aliphatic rings. The summed E-state index contributed by atoms with van der Waals surface area (Å²) in [5.74, 6) is 0. The fourth-order valence-electron chi connectivity index (χ4n) is 3.05. The molecule has 0 saturated carbocycles. The summed E-state index contributed by atoms with van der Waals surface area (Å²) in [7, 11) is 0. The molecule has 3 aromatic rings. The molecular weight excluding hydrogens is 274 g/mol. The predicted molar refractivity (Wildman–Crippen MR) is 84.4 cm³/mol. The van der Waals surface area contributed by atoms with Crippen LogP contribution in [0, 0.1) is 0 Å². The molecule has 2 aromatic heterocycles. The first-order valence-corrected chi connectivity index (χ1v) is 7.42. The molecule has 108 valence electrons. The zero-order chi connectivity index (χ0) is 15.1.